The fraction of sp³-hybridized carbons (Fsp3) is 0.455. The number of nitrogens with two attached hydrogens (primary N) is 1. The van der Waals surface area contributed by atoms with Gasteiger partial charge in [0.15, 0.2) is 11.5 Å². The molecule has 20 heavy (non-hydrogen) atoms. The van der Waals surface area contributed by atoms with Crippen molar-refractivity contribution < 1.29 is 17.9 Å². The maximum atomic E-state index is 12.1. The zero-order valence-electron chi connectivity index (χ0n) is 10.6. The van der Waals surface area contributed by atoms with Gasteiger partial charge < -0.3 is 15.2 Å². The van der Waals surface area contributed by atoms with Gasteiger partial charge in [-0.15, -0.1) is 12.4 Å². The summed E-state index contributed by atoms with van der Waals surface area (Å²) in [7, 11) is -3.67. The molecular formula is C11H16Cl2N2O4S. The SMILES string of the molecule is Cl.NCCCNS(=O)(=O)c1cc2c(cc1Cl)OCCO2. The van der Waals surface area contributed by atoms with Gasteiger partial charge in [-0.05, 0) is 13.0 Å². The van der Waals surface area contributed by atoms with Crippen LogP contribution < -0.4 is 19.9 Å². The van der Waals surface area contributed by atoms with Gasteiger partial charge in [0.05, 0.1) is 5.02 Å². The fourth-order valence-corrected chi connectivity index (χ4v) is 3.24. The Kier molecular flexibility index (Phi) is 6.35. The number of rotatable bonds is 5. The number of ether oxygens (including phenoxy) is 2. The maximum Gasteiger partial charge on any atom is 0.242 e. The largest absolute Gasteiger partial charge is 0.486 e. The molecule has 1 heterocycles. The minimum atomic E-state index is -3.67. The van der Waals surface area contributed by atoms with E-state index in [0.717, 1.165) is 0 Å². The lowest BCUT2D eigenvalue weighted by Crippen LogP contribution is -2.27. The van der Waals surface area contributed by atoms with Crippen LogP contribution in [0.2, 0.25) is 5.02 Å². The zero-order valence-corrected chi connectivity index (χ0v) is 13.0. The first-order chi connectivity index (χ1) is 9.04. The molecule has 1 aliphatic heterocycles. The molecule has 1 aromatic rings. The highest BCUT2D eigenvalue weighted by molar-refractivity contribution is 7.89. The van der Waals surface area contributed by atoms with Gasteiger partial charge >= 0.3 is 0 Å². The third-order valence-corrected chi connectivity index (χ3v) is 4.48. The highest BCUT2D eigenvalue weighted by Gasteiger charge is 2.22. The molecule has 0 aromatic heterocycles. The molecule has 0 saturated carbocycles. The Labute approximate surface area is 129 Å². The molecule has 9 heteroatoms. The van der Waals surface area contributed by atoms with Crippen molar-refractivity contribution >= 4 is 34.0 Å². The standard InChI is InChI=1S/C11H15ClN2O4S.ClH/c12-8-6-9-10(18-5-4-17-9)7-11(8)19(15,16)14-3-1-2-13;/h6-7,14H,1-5,13H2;1H. The molecule has 3 N–H and O–H groups in total. The van der Waals surface area contributed by atoms with Crippen molar-refractivity contribution in [1.29, 1.82) is 0 Å². The molecule has 1 aliphatic rings. The van der Waals surface area contributed by atoms with Crippen LogP contribution in [0.1, 0.15) is 6.42 Å². The first kappa shape index (κ1) is 17.3. The Morgan fingerprint density at radius 2 is 1.85 bits per heavy atom. The number of hydrogen-bond donors (Lipinski definition) is 2. The smallest absolute Gasteiger partial charge is 0.242 e. The van der Waals surface area contributed by atoms with Gasteiger partial charge in [-0.2, -0.15) is 0 Å². The van der Waals surface area contributed by atoms with Crippen molar-refractivity contribution in [2.24, 2.45) is 5.73 Å². The van der Waals surface area contributed by atoms with Crippen LogP contribution in [0.3, 0.4) is 0 Å². The number of sulfonamides is 1. The summed E-state index contributed by atoms with van der Waals surface area (Å²) < 4.78 is 37.3. The third kappa shape index (κ3) is 3.89. The Bertz CT molecular complexity index is 566. The van der Waals surface area contributed by atoms with Crippen LogP contribution in [0, 0.1) is 0 Å². The van der Waals surface area contributed by atoms with E-state index in [2.05, 4.69) is 4.72 Å². The van der Waals surface area contributed by atoms with Crippen LogP contribution >= 0.6 is 24.0 Å². The highest BCUT2D eigenvalue weighted by atomic mass is 35.5. The normalized spacial score (nSPS) is 13.7. The van der Waals surface area contributed by atoms with Gasteiger partial charge in [-0.1, -0.05) is 11.6 Å². The van der Waals surface area contributed by atoms with Gasteiger partial charge in [0.2, 0.25) is 10.0 Å². The molecule has 1 aromatic carbocycles. The molecule has 0 radical (unpaired) electrons. The molecular weight excluding hydrogens is 327 g/mol. The van der Waals surface area contributed by atoms with E-state index in [0.29, 0.717) is 37.7 Å². The van der Waals surface area contributed by atoms with Crippen molar-refractivity contribution in [2.75, 3.05) is 26.3 Å². The monoisotopic (exact) mass is 342 g/mol. The Hall–Kier alpha value is -0.730. The molecule has 0 saturated heterocycles. The summed E-state index contributed by atoms with van der Waals surface area (Å²) in [5, 5.41) is 0.101. The summed E-state index contributed by atoms with van der Waals surface area (Å²) in [6.07, 6.45) is 0.557. The van der Waals surface area contributed by atoms with E-state index in [9.17, 15) is 8.42 Å². The van der Waals surface area contributed by atoms with Gasteiger partial charge in [-0.3, -0.25) is 0 Å². The highest BCUT2D eigenvalue weighted by Crippen LogP contribution is 2.37. The quantitative estimate of drug-likeness (QED) is 0.783. The second-order valence-electron chi connectivity index (χ2n) is 3.97. The summed E-state index contributed by atoms with van der Waals surface area (Å²) in [5.74, 6) is 0.840. The summed E-state index contributed by atoms with van der Waals surface area (Å²) in [6.45, 7) is 1.49. The molecule has 0 aliphatic carbocycles. The predicted molar refractivity (Wildman–Crippen MR) is 78.5 cm³/mol. The molecule has 0 fully saturated rings. The van der Waals surface area contributed by atoms with Crippen LogP contribution in [-0.2, 0) is 10.0 Å². The maximum absolute atomic E-state index is 12.1. The van der Waals surface area contributed by atoms with E-state index in [1.165, 1.54) is 12.1 Å². The van der Waals surface area contributed by atoms with Crippen molar-refractivity contribution in [3.8, 4) is 11.5 Å². The zero-order chi connectivity index (χ0) is 13.9. The van der Waals surface area contributed by atoms with Crippen molar-refractivity contribution in [3.05, 3.63) is 17.2 Å². The van der Waals surface area contributed by atoms with E-state index in [-0.39, 0.29) is 28.9 Å². The van der Waals surface area contributed by atoms with Crippen LogP contribution in [0.25, 0.3) is 0 Å². The third-order valence-electron chi connectivity index (χ3n) is 2.56. The van der Waals surface area contributed by atoms with Crippen molar-refractivity contribution in [1.82, 2.24) is 4.72 Å². The fourth-order valence-electron chi connectivity index (χ4n) is 1.64. The molecule has 0 atom stereocenters. The van der Waals surface area contributed by atoms with Crippen molar-refractivity contribution in [2.45, 2.75) is 11.3 Å². The number of fused-ring (bicyclic) bond motifs is 1. The Balaban J connectivity index is 0.00000200. The van der Waals surface area contributed by atoms with E-state index < -0.39 is 10.0 Å². The molecule has 114 valence electrons. The Morgan fingerprint density at radius 1 is 1.25 bits per heavy atom. The minimum absolute atomic E-state index is 0. The lowest BCUT2D eigenvalue weighted by Gasteiger charge is -2.19. The average Bonchev–Trinajstić information content (AvgIpc) is 2.38. The second-order valence-corrected chi connectivity index (χ2v) is 6.11. The van der Waals surface area contributed by atoms with E-state index in [1.54, 1.807) is 0 Å². The molecule has 0 unspecified atom stereocenters. The second kappa shape index (κ2) is 7.33. The first-order valence-electron chi connectivity index (χ1n) is 5.83. The van der Waals surface area contributed by atoms with Crippen LogP contribution in [0.5, 0.6) is 11.5 Å². The first-order valence-corrected chi connectivity index (χ1v) is 7.69. The number of nitrogens with one attached hydrogen (secondary N) is 1. The summed E-state index contributed by atoms with van der Waals surface area (Å²) >= 11 is 5.98. The number of halogens is 2. The molecule has 2 rings (SSSR count). The van der Waals surface area contributed by atoms with Crippen LogP contribution in [0.15, 0.2) is 17.0 Å². The predicted octanol–water partition coefficient (Wildman–Crippen LogP) is 1.16. The molecule has 6 nitrogen and oxygen atoms in total. The van der Waals surface area contributed by atoms with Crippen LogP contribution in [0.4, 0.5) is 0 Å². The molecule has 0 spiro atoms. The van der Waals surface area contributed by atoms with Gasteiger partial charge in [0, 0.05) is 18.7 Å². The van der Waals surface area contributed by atoms with Gasteiger partial charge in [0.1, 0.15) is 18.1 Å². The minimum Gasteiger partial charge on any atom is -0.486 e. The lowest BCUT2D eigenvalue weighted by atomic mass is 10.3. The molecule has 0 bridgehead atoms. The van der Waals surface area contributed by atoms with E-state index in [4.69, 9.17) is 26.8 Å². The van der Waals surface area contributed by atoms with Gasteiger partial charge in [0.25, 0.3) is 0 Å². The number of benzene rings is 1. The van der Waals surface area contributed by atoms with Gasteiger partial charge in [-0.25, -0.2) is 13.1 Å². The lowest BCUT2D eigenvalue weighted by molar-refractivity contribution is 0.171. The summed E-state index contributed by atoms with van der Waals surface area (Å²) in [4.78, 5) is -0.0181. The Morgan fingerprint density at radius 3 is 2.45 bits per heavy atom. The number of hydrogen-bond acceptors (Lipinski definition) is 5. The topological polar surface area (TPSA) is 90.7 Å². The molecule has 0 amide bonds. The summed E-state index contributed by atoms with van der Waals surface area (Å²) in [6, 6.07) is 2.83. The van der Waals surface area contributed by atoms with Crippen LogP contribution in [-0.4, -0.2) is 34.7 Å². The van der Waals surface area contributed by atoms with E-state index in [1.807, 2.05) is 0 Å². The van der Waals surface area contributed by atoms with E-state index >= 15 is 0 Å². The average molecular weight is 343 g/mol. The summed E-state index contributed by atoms with van der Waals surface area (Å²) in [5.41, 5.74) is 5.32. The van der Waals surface area contributed by atoms with Crippen molar-refractivity contribution in [3.63, 3.8) is 0 Å².